The van der Waals surface area contributed by atoms with Gasteiger partial charge in [-0.2, -0.15) is 30.7 Å². The number of hydrogen-bond acceptors (Lipinski definition) is 2. The SMILES string of the molecule is C=CC[C@](N[S@](=O)C(C)(C)C)(c1cc(F)cc(OC(F)(F)C(F)F)c1)c1ccc(F)c(C(F)(F)F)c1. The number of benzene rings is 2. The van der Waals surface area contributed by atoms with Crippen molar-refractivity contribution in [2.24, 2.45) is 0 Å². The number of nitrogens with one attached hydrogen (secondary N) is 1. The van der Waals surface area contributed by atoms with Crippen molar-refractivity contribution >= 4 is 11.0 Å². The maximum Gasteiger partial charge on any atom is 0.461 e. The van der Waals surface area contributed by atoms with Crippen molar-refractivity contribution in [1.82, 2.24) is 4.72 Å². The van der Waals surface area contributed by atoms with E-state index in [0.717, 1.165) is 12.1 Å². The highest BCUT2D eigenvalue weighted by Gasteiger charge is 2.45. The monoisotopic (exact) mass is 547 g/mol. The molecule has 13 heteroatoms. The van der Waals surface area contributed by atoms with Crippen LogP contribution in [0.4, 0.5) is 39.5 Å². The largest absolute Gasteiger partial charge is 0.461 e. The Morgan fingerprint density at radius 2 is 1.61 bits per heavy atom. The molecule has 0 amide bonds. The lowest BCUT2D eigenvalue weighted by Crippen LogP contribution is -2.49. The molecular weight excluding hydrogens is 525 g/mol. The first kappa shape index (κ1) is 29.7. The van der Waals surface area contributed by atoms with Crippen molar-refractivity contribution < 1.29 is 48.5 Å². The molecule has 0 saturated heterocycles. The van der Waals surface area contributed by atoms with Crippen LogP contribution < -0.4 is 9.46 Å². The summed E-state index contributed by atoms with van der Waals surface area (Å²) in [6, 6.07) is 3.54. The van der Waals surface area contributed by atoms with Crippen LogP contribution in [0, 0.1) is 11.6 Å². The summed E-state index contributed by atoms with van der Waals surface area (Å²) in [7, 11) is -2.09. The molecule has 0 saturated carbocycles. The van der Waals surface area contributed by atoms with Gasteiger partial charge in [0.2, 0.25) is 0 Å². The van der Waals surface area contributed by atoms with Gasteiger partial charge in [-0.3, -0.25) is 0 Å². The predicted molar refractivity (Wildman–Crippen MR) is 116 cm³/mol. The third-order valence-electron chi connectivity index (χ3n) is 4.91. The van der Waals surface area contributed by atoms with E-state index in [1.807, 2.05) is 0 Å². The summed E-state index contributed by atoms with van der Waals surface area (Å²) in [6.07, 6.45) is -13.7. The van der Waals surface area contributed by atoms with Crippen LogP contribution in [-0.2, 0) is 22.7 Å². The Morgan fingerprint density at radius 3 is 2.11 bits per heavy atom. The zero-order chi connectivity index (χ0) is 27.7. The minimum atomic E-state index is -5.15. The fraction of sp³-hybridized carbons (Fsp3) is 0.391. The summed E-state index contributed by atoms with van der Waals surface area (Å²) in [5.74, 6) is -3.98. The summed E-state index contributed by atoms with van der Waals surface area (Å²) in [6.45, 7) is 8.01. The third kappa shape index (κ3) is 6.61. The van der Waals surface area contributed by atoms with Gasteiger partial charge >= 0.3 is 18.7 Å². The predicted octanol–water partition coefficient (Wildman–Crippen LogP) is 7.09. The lowest BCUT2D eigenvalue weighted by molar-refractivity contribution is -0.253. The molecule has 0 aliphatic heterocycles. The highest BCUT2D eigenvalue weighted by molar-refractivity contribution is 7.84. The van der Waals surface area contributed by atoms with Gasteiger partial charge in [-0.15, -0.1) is 6.58 Å². The summed E-state index contributed by atoms with van der Waals surface area (Å²) in [4.78, 5) is 0. The standard InChI is InChI=1S/C23H22F9NO2S/c1-5-8-21(33-36(34)20(2,3)4,13-6-7-18(25)17(11-13)22(28,29)30)14-9-15(24)12-16(10-14)35-23(31,32)19(26)27/h5-7,9-12,19,33H,1,8H2,2-4H3/t21-,36-/m1/s1. The average Bonchev–Trinajstić information content (AvgIpc) is 2.71. The molecule has 0 radical (unpaired) electrons. The Morgan fingerprint density at radius 1 is 1.00 bits per heavy atom. The first-order valence-electron chi connectivity index (χ1n) is 10.2. The second-order valence-electron chi connectivity index (χ2n) is 8.71. The normalized spacial score (nSPS) is 15.5. The van der Waals surface area contributed by atoms with Gasteiger partial charge in [0.15, 0.2) is 0 Å². The van der Waals surface area contributed by atoms with Gasteiger partial charge in [-0.25, -0.2) is 17.7 Å². The molecule has 0 aliphatic rings. The van der Waals surface area contributed by atoms with E-state index < -0.39 is 74.9 Å². The van der Waals surface area contributed by atoms with Gasteiger partial charge in [0.1, 0.15) is 17.4 Å². The quantitative estimate of drug-likeness (QED) is 0.269. The Kier molecular flexibility index (Phi) is 8.61. The zero-order valence-corrected chi connectivity index (χ0v) is 20.0. The topological polar surface area (TPSA) is 38.3 Å². The second-order valence-corrected chi connectivity index (χ2v) is 10.7. The third-order valence-corrected chi connectivity index (χ3v) is 6.56. The molecule has 0 aromatic heterocycles. The molecule has 0 spiro atoms. The summed E-state index contributed by atoms with van der Waals surface area (Å²) < 4.78 is 140. The molecule has 0 bridgehead atoms. The highest BCUT2D eigenvalue weighted by Crippen LogP contribution is 2.41. The molecule has 200 valence electrons. The summed E-state index contributed by atoms with van der Waals surface area (Å²) in [5, 5.41) is 0. The molecule has 2 aromatic rings. The van der Waals surface area contributed by atoms with Gasteiger partial charge in [0, 0.05) is 6.07 Å². The maximum atomic E-state index is 14.5. The van der Waals surface area contributed by atoms with Crippen LogP contribution >= 0.6 is 0 Å². The first-order valence-corrected chi connectivity index (χ1v) is 11.3. The Labute approximate surface area is 203 Å². The molecule has 2 atom stereocenters. The molecule has 36 heavy (non-hydrogen) atoms. The van der Waals surface area contributed by atoms with E-state index in [9.17, 15) is 43.7 Å². The molecule has 1 N–H and O–H groups in total. The van der Waals surface area contributed by atoms with Gasteiger partial charge in [-0.1, -0.05) is 12.1 Å². The summed E-state index contributed by atoms with van der Waals surface area (Å²) in [5.41, 5.74) is -4.58. The molecule has 0 heterocycles. The number of halogens is 9. The van der Waals surface area contributed by atoms with Crippen molar-refractivity contribution in [3.8, 4) is 5.75 Å². The van der Waals surface area contributed by atoms with E-state index in [0.29, 0.717) is 30.3 Å². The minimum absolute atomic E-state index is 0.366. The smallest absolute Gasteiger partial charge is 0.428 e. The number of hydrogen-bond donors (Lipinski definition) is 1. The van der Waals surface area contributed by atoms with E-state index in [1.165, 1.54) is 20.8 Å². The van der Waals surface area contributed by atoms with Crippen molar-refractivity contribution in [3.05, 3.63) is 77.4 Å². The molecule has 3 nitrogen and oxygen atoms in total. The van der Waals surface area contributed by atoms with Crippen LogP contribution in [0.5, 0.6) is 5.75 Å². The molecule has 2 aromatic carbocycles. The average molecular weight is 547 g/mol. The fourth-order valence-corrected chi connectivity index (χ4v) is 4.11. The lowest BCUT2D eigenvalue weighted by atomic mass is 9.80. The van der Waals surface area contributed by atoms with Gasteiger partial charge in [0.25, 0.3) is 0 Å². The maximum absolute atomic E-state index is 14.5. The van der Waals surface area contributed by atoms with Crippen LogP contribution in [0.1, 0.15) is 43.9 Å². The van der Waals surface area contributed by atoms with Crippen LogP contribution in [0.15, 0.2) is 49.1 Å². The van der Waals surface area contributed by atoms with Gasteiger partial charge < -0.3 is 4.74 Å². The van der Waals surface area contributed by atoms with Crippen LogP contribution in [0.25, 0.3) is 0 Å². The number of alkyl halides is 7. The van der Waals surface area contributed by atoms with E-state index in [2.05, 4.69) is 16.0 Å². The van der Waals surface area contributed by atoms with Crippen LogP contribution in [0.2, 0.25) is 0 Å². The fourth-order valence-electron chi connectivity index (χ4n) is 3.17. The molecule has 0 unspecified atom stereocenters. The Hall–Kier alpha value is -2.54. The van der Waals surface area contributed by atoms with Gasteiger partial charge in [0.05, 0.1) is 26.8 Å². The van der Waals surface area contributed by atoms with Crippen LogP contribution in [-0.4, -0.2) is 21.5 Å². The van der Waals surface area contributed by atoms with E-state index >= 15 is 0 Å². The second kappa shape index (κ2) is 10.4. The highest BCUT2D eigenvalue weighted by atomic mass is 32.2. The van der Waals surface area contributed by atoms with Crippen molar-refractivity contribution in [2.45, 2.75) is 56.2 Å². The van der Waals surface area contributed by atoms with Crippen molar-refractivity contribution in [3.63, 3.8) is 0 Å². The zero-order valence-electron chi connectivity index (χ0n) is 19.2. The molecular formula is C23H22F9NO2S. The molecule has 0 aliphatic carbocycles. The lowest BCUT2D eigenvalue weighted by Gasteiger charge is -2.37. The number of ether oxygens (including phenoxy) is 1. The molecule has 0 fully saturated rings. The van der Waals surface area contributed by atoms with Gasteiger partial charge in [-0.05, 0) is 62.6 Å². The Bertz CT molecular complexity index is 1130. The van der Waals surface area contributed by atoms with E-state index in [1.54, 1.807) is 0 Å². The number of rotatable bonds is 9. The first-order chi connectivity index (χ1) is 16.3. The molecule has 2 rings (SSSR count). The van der Waals surface area contributed by atoms with Crippen molar-refractivity contribution in [1.29, 1.82) is 0 Å². The Balaban J connectivity index is 2.89. The van der Waals surface area contributed by atoms with Crippen molar-refractivity contribution in [2.75, 3.05) is 0 Å². The van der Waals surface area contributed by atoms with Crippen LogP contribution in [0.3, 0.4) is 0 Å². The van der Waals surface area contributed by atoms with E-state index in [-0.39, 0.29) is 5.56 Å². The summed E-state index contributed by atoms with van der Waals surface area (Å²) >= 11 is 0. The van der Waals surface area contributed by atoms with E-state index in [4.69, 9.17) is 0 Å². The minimum Gasteiger partial charge on any atom is -0.428 e.